The van der Waals surface area contributed by atoms with E-state index in [1.54, 1.807) is 47.2 Å². The fraction of sp³-hybridized carbons (Fsp3) is 0.316. The topological polar surface area (TPSA) is 89.2 Å². The molecule has 0 radical (unpaired) electrons. The van der Waals surface area contributed by atoms with Crippen LogP contribution in [0.25, 0.3) is 5.78 Å². The number of carbonyl (C=O) groups is 2. The molecule has 7 nitrogen and oxygen atoms in total. The number of carbonyl (C=O) groups excluding carboxylic acids is 2. The number of ketones is 1. The zero-order valence-electron chi connectivity index (χ0n) is 15.6. The van der Waals surface area contributed by atoms with Crippen molar-refractivity contribution in [1.29, 1.82) is 0 Å². The predicted octanol–water partition coefficient (Wildman–Crippen LogP) is 3.47. The number of rotatable bonds is 5. The molecule has 2 aromatic heterocycles. The average Bonchev–Trinajstić information content (AvgIpc) is 3.03. The van der Waals surface area contributed by atoms with E-state index in [9.17, 15) is 9.59 Å². The number of nitrogens with zero attached hydrogens (tertiary/aromatic N) is 4. The van der Waals surface area contributed by atoms with Crippen molar-refractivity contribution in [2.24, 2.45) is 5.41 Å². The number of amides is 1. The smallest absolute Gasteiger partial charge is 0.253 e. The fourth-order valence-corrected chi connectivity index (χ4v) is 3.08. The summed E-state index contributed by atoms with van der Waals surface area (Å²) in [5.74, 6) is 0.399. The lowest BCUT2D eigenvalue weighted by molar-refractivity contribution is -0.123. The van der Waals surface area contributed by atoms with Gasteiger partial charge < -0.3 is 5.32 Å². The third-order valence-electron chi connectivity index (χ3n) is 3.86. The molecule has 0 aliphatic carbocycles. The molecule has 8 heteroatoms. The highest BCUT2D eigenvalue weighted by molar-refractivity contribution is 8.00. The molecule has 3 rings (SSSR count). The second-order valence-electron chi connectivity index (χ2n) is 7.16. The molecule has 0 bridgehead atoms. The van der Waals surface area contributed by atoms with Gasteiger partial charge in [-0.15, -0.1) is 5.10 Å². The molecule has 0 fully saturated rings. The first-order chi connectivity index (χ1) is 12.7. The van der Waals surface area contributed by atoms with Gasteiger partial charge in [-0.1, -0.05) is 32.5 Å². The number of anilines is 1. The monoisotopic (exact) mass is 383 g/mol. The molecule has 0 aliphatic heterocycles. The zero-order chi connectivity index (χ0) is 19.6. The van der Waals surface area contributed by atoms with Crippen LogP contribution in [0.1, 0.15) is 38.1 Å². The standard InChI is InChI=1S/C19H21N5O2S/c1-12(27-18-22-17-20-10-5-11-24(17)23-18)15(25)13-6-8-14(9-7-13)21-16(26)19(2,3)4/h5-12H,1-4H3,(H,21,26). The van der Waals surface area contributed by atoms with Gasteiger partial charge in [-0.2, -0.15) is 4.98 Å². The number of fused-ring (bicyclic) bond motifs is 1. The first-order valence-corrected chi connectivity index (χ1v) is 9.42. The maximum absolute atomic E-state index is 12.7. The lowest BCUT2D eigenvalue weighted by Gasteiger charge is -2.17. The average molecular weight is 383 g/mol. The number of nitrogens with one attached hydrogen (secondary N) is 1. The summed E-state index contributed by atoms with van der Waals surface area (Å²) < 4.78 is 1.58. The van der Waals surface area contributed by atoms with Crippen molar-refractivity contribution >= 4 is 34.9 Å². The van der Waals surface area contributed by atoms with Crippen LogP contribution in [0.4, 0.5) is 5.69 Å². The number of hydrogen-bond acceptors (Lipinski definition) is 6. The summed E-state index contributed by atoms with van der Waals surface area (Å²) >= 11 is 1.29. The van der Waals surface area contributed by atoms with Gasteiger partial charge in [0.2, 0.25) is 11.1 Å². The second-order valence-corrected chi connectivity index (χ2v) is 8.47. The van der Waals surface area contributed by atoms with Gasteiger partial charge >= 0.3 is 0 Å². The van der Waals surface area contributed by atoms with Crippen molar-refractivity contribution in [2.45, 2.75) is 38.1 Å². The number of Topliss-reactive ketones (excluding diaryl/α,β-unsaturated/α-hetero) is 1. The fourth-order valence-electron chi connectivity index (χ4n) is 2.25. The normalized spacial score (nSPS) is 12.7. The van der Waals surface area contributed by atoms with Gasteiger partial charge in [0.1, 0.15) is 0 Å². The Labute approximate surface area is 161 Å². The van der Waals surface area contributed by atoms with Crippen LogP contribution in [-0.2, 0) is 4.79 Å². The van der Waals surface area contributed by atoms with Crippen molar-refractivity contribution in [3.8, 4) is 0 Å². The molecule has 1 N–H and O–H groups in total. The van der Waals surface area contributed by atoms with Gasteiger partial charge in [0.05, 0.1) is 5.25 Å². The van der Waals surface area contributed by atoms with Crippen molar-refractivity contribution in [3.05, 3.63) is 48.3 Å². The van der Waals surface area contributed by atoms with E-state index in [2.05, 4.69) is 20.4 Å². The zero-order valence-corrected chi connectivity index (χ0v) is 16.4. The van der Waals surface area contributed by atoms with E-state index < -0.39 is 5.41 Å². The summed E-state index contributed by atoms with van der Waals surface area (Å²) in [5.41, 5.74) is 0.765. The molecule has 0 spiro atoms. The summed E-state index contributed by atoms with van der Waals surface area (Å²) in [4.78, 5) is 33.1. The Balaban J connectivity index is 1.66. The van der Waals surface area contributed by atoms with E-state index in [0.717, 1.165) is 0 Å². The third-order valence-corrected chi connectivity index (χ3v) is 4.81. The van der Waals surface area contributed by atoms with E-state index in [0.29, 0.717) is 22.2 Å². The van der Waals surface area contributed by atoms with Crippen LogP contribution in [0.5, 0.6) is 0 Å². The Hall–Kier alpha value is -2.74. The quantitative estimate of drug-likeness (QED) is 0.536. The van der Waals surface area contributed by atoms with Gasteiger partial charge in [0.25, 0.3) is 5.78 Å². The van der Waals surface area contributed by atoms with Crippen LogP contribution >= 0.6 is 11.8 Å². The summed E-state index contributed by atoms with van der Waals surface area (Å²) in [7, 11) is 0. The predicted molar refractivity (Wildman–Crippen MR) is 105 cm³/mol. The molecule has 140 valence electrons. The third kappa shape index (κ3) is 4.51. The van der Waals surface area contributed by atoms with Crippen molar-refractivity contribution in [1.82, 2.24) is 19.6 Å². The van der Waals surface area contributed by atoms with Gasteiger partial charge in [0, 0.05) is 29.1 Å². The van der Waals surface area contributed by atoms with E-state index in [-0.39, 0.29) is 16.9 Å². The molecule has 27 heavy (non-hydrogen) atoms. The molecule has 3 aromatic rings. The first-order valence-electron chi connectivity index (χ1n) is 8.54. The minimum Gasteiger partial charge on any atom is -0.326 e. The number of aromatic nitrogens is 4. The molecule has 0 aliphatic rings. The summed E-state index contributed by atoms with van der Waals surface area (Å²) in [6, 6.07) is 8.68. The van der Waals surface area contributed by atoms with Gasteiger partial charge in [-0.3, -0.25) is 9.59 Å². The van der Waals surface area contributed by atoms with Gasteiger partial charge in [0.15, 0.2) is 5.78 Å². The molecule has 1 amide bonds. The summed E-state index contributed by atoms with van der Waals surface area (Å²) in [6.45, 7) is 7.37. The number of thioether (sulfide) groups is 1. The molecule has 1 aromatic carbocycles. The molecular formula is C19H21N5O2S. The first kappa shape index (κ1) is 19.0. The second kappa shape index (κ2) is 7.48. The lowest BCUT2D eigenvalue weighted by atomic mass is 9.95. The Bertz CT molecular complexity index is 943. The van der Waals surface area contributed by atoms with Crippen molar-refractivity contribution in [2.75, 3.05) is 5.32 Å². The van der Waals surface area contributed by atoms with E-state index in [4.69, 9.17) is 0 Å². The minimum atomic E-state index is -0.477. The molecule has 1 atom stereocenters. The highest BCUT2D eigenvalue weighted by atomic mass is 32.2. The van der Waals surface area contributed by atoms with Crippen LogP contribution in [0.2, 0.25) is 0 Å². The largest absolute Gasteiger partial charge is 0.326 e. The lowest BCUT2D eigenvalue weighted by Crippen LogP contribution is -2.27. The van der Waals surface area contributed by atoms with E-state index in [1.807, 2.05) is 27.7 Å². The van der Waals surface area contributed by atoms with Crippen LogP contribution in [0.15, 0.2) is 47.9 Å². The Morgan fingerprint density at radius 2 is 1.89 bits per heavy atom. The van der Waals surface area contributed by atoms with Crippen molar-refractivity contribution in [3.63, 3.8) is 0 Å². The maximum Gasteiger partial charge on any atom is 0.253 e. The highest BCUT2D eigenvalue weighted by Gasteiger charge is 2.22. The minimum absolute atomic E-state index is 0.0273. The van der Waals surface area contributed by atoms with E-state index in [1.165, 1.54) is 11.8 Å². The maximum atomic E-state index is 12.7. The molecule has 0 saturated heterocycles. The number of benzene rings is 1. The molecular weight excluding hydrogens is 362 g/mol. The van der Waals surface area contributed by atoms with Crippen LogP contribution in [0, 0.1) is 5.41 Å². The van der Waals surface area contributed by atoms with Gasteiger partial charge in [-0.25, -0.2) is 9.50 Å². The Kier molecular flexibility index (Phi) is 5.27. The molecule has 0 saturated carbocycles. The van der Waals surface area contributed by atoms with Crippen LogP contribution < -0.4 is 5.32 Å². The number of hydrogen-bond donors (Lipinski definition) is 1. The summed E-state index contributed by atoms with van der Waals surface area (Å²) in [5, 5.41) is 7.31. The Morgan fingerprint density at radius 1 is 1.19 bits per heavy atom. The Morgan fingerprint density at radius 3 is 2.52 bits per heavy atom. The highest BCUT2D eigenvalue weighted by Crippen LogP contribution is 2.24. The molecule has 1 unspecified atom stereocenters. The van der Waals surface area contributed by atoms with Crippen molar-refractivity contribution < 1.29 is 9.59 Å². The van der Waals surface area contributed by atoms with Crippen LogP contribution in [-0.4, -0.2) is 36.5 Å². The van der Waals surface area contributed by atoms with E-state index >= 15 is 0 Å². The molecule has 2 heterocycles. The summed E-state index contributed by atoms with van der Waals surface area (Å²) in [6.07, 6.45) is 3.41. The SMILES string of the molecule is CC(Sc1nc2ncccn2n1)C(=O)c1ccc(NC(=O)C(C)(C)C)cc1. The van der Waals surface area contributed by atoms with Gasteiger partial charge in [-0.05, 0) is 37.3 Å². The van der Waals surface area contributed by atoms with Crippen LogP contribution in [0.3, 0.4) is 0 Å².